The van der Waals surface area contributed by atoms with Crippen molar-refractivity contribution < 1.29 is 14.7 Å². The molecule has 0 unspecified atom stereocenters. The molecular formula is C12H16N2O3S. The number of thiazole rings is 1. The lowest BCUT2D eigenvalue weighted by Gasteiger charge is -2.14. The Morgan fingerprint density at radius 3 is 2.78 bits per heavy atom. The fraction of sp³-hybridized carbons (Fsp3) is 0.583. The number of hydrogen-bond donors (Lipinski definition) is 2. The first-order chi connectivity index (χ1) is 8.52. The van der Waals surface area contributed by atoms with Crippen LogP contribution in [0.4, 0.5) is 0 Å². The minimum Gasteiger partial charge on any atom is -0.481 e. The van der Waals surface area contributed by atoms with E-state index in [1.165, 1.54) is 0 Å². The molecule has 1 aromatic rings. The van der Waals surface area contributed by atoms with E-state index in [9.17, 15) is 9.59 Å². The van der Waals surface area contributed by atoms with Crippen LogP contribution in [-0.4, -0.2) is 22.0 Å². The lowest BCUT2D eigenvalue weighted by atomic mass is 10.2. The van der Waals surface area contributed by atoms with Crippen molar-refractivity contribution in [3.8, 4) is 0 Å². The number of nitrogens with zero attached hydrogens (tertiary/aromatic N) is 1. The number of aromatic nitrogens is 1. The summed E-state index contributed by atoms with van der Waals surface area (Å²) < 4.78 is 0. The Bertz CT molecular complexity index is 472. The predicted molar refractivity (Wildman–Crippen MR) is 67.3 cm³/mol. The van der Waals surface area contributed by atoms with Crippen molar-refractivity contribution in [3.63, 3.8) is 0 Å². The van der Waals surface area contributed by atoms with Crippen molar-refractivity contribution in [2.45, 2.75) is 32.7 Å². The van der Waals surface area contributed by atoms with Gasteiger partial charge in [0.05, 0.1) is 17.9 Å². The summed E-state index contributed by atoms with van der Waals surface area (Å²) in [6.07, 6.45) is 2.99. The van der Waals surface area contributed by atoms with Gasteiger partial charge >= 0.3 is 5.97 Å². The monoisotopic (exact) mass is 268 g/mol. The molecule has 6 heteroatoms. The third-order valence-electron chi connectivity index (χ3n) is 3.11. The van der Waals surface area contributed by atoms with Crippen molar-refractivity contribution in [2.24, 2.45) is 11.8 Å². The highest BCUT2D eigenvalue weighted by molar-refractivity contribution is 7.11. The highest BCUT2D eigenvalue weighted by Crippen LogP contribution is 2.39. The average molecular weight is 268 g/mol. The van der Waals surface area contributed by atoms with E-state index in [1.807, 2.05) is 13.8 Å². The predicted octanol–water partition coefficient (Wildman–Crippen LogP) is 1.74. The zero-order valence-corrected chi connectivity index (χ0v) is 11.2. The van der Waals surface area contributed by atoms with E-state index in [-0.39, 0.29) is 17.9 Å². The maximum Gasteiger partial charge on any atom is 0.307 e. The van der Waals surface area contributed by atoms with Gasteiger partial charge in [-0.1, -0.05) is 6.92 Å². The molecule has 1 aliphatic carbocycles. The molecule has 0 aromatic carbocycles. The number of rotatable bonds is 5. The zero-order valence-electron chi connectivity index (χ0n) is 10.3. The summed E-state index contributed by atoms with van der Waals surface area (Å²) >= 11 is 1.56. The molecule has 0 aliphatic heterocycles. The van der Waals surface area contributed by atoms with Crippen molar-refractivity contribution in [1.82, 2.24) is 10.3 Å². The van der Waals surface area contributed by atoms with E-state index in [1.54, 1.807) is 17.5 Å². The van der Waals surface area contributed by atoms with Crippen LogP contribution in [0.25, 0.3) is 0 Å². The van der Waals surface area contributed by atoms with Gasteiger partial charge in [0, 0.05) is 11.1 Å². The van der Waals surface area contributed by atoms with Crippen LogP contribution in [0.2, 0.25) is 0 Å². The Balaban J connectivity index is 1.95. The number of carbonyl (C=O) groups excluding carboxylic acids is 1. The molecule has 1 saturated carbocycles. The molecule has 2 N–H and O–H groups in total. The Labute approximate surface area is 109 Å². The molecule has 18 heavy (non-hydrogen) atoms. The third kappa shape index (κ3) is 2.69. The molecule has 1 fully saturated rings. The van der Waals surface area contributed by atoms with Crippen LogP contribution in [-0.2, 0) is 9.59 Å². The van der Waals surface area contributed by atoms with E-state index >= 15 is 0 Å². The number of carboxylic acid groups (broad SMARTS) is 1. The van der Waals surface area contributed by atoms with Crippen molar-refractivity contribution in [2.75, 3.05) is 0 Å². The molecule has 98 valence electrons. The highest BCUT2D eigenvalue weighted by Gasteiger charge is 2.48. The molecule has 5 nitrogen and oxygen atoms in total. The first-order valence-electron chi connectivity index (χ1n) is 5.98. The molecule has 1 aliphatic rings. The number of aryl methyl sites for hydroxylation is 1. The second-order valence-electron chi connectivity index (χ2n) is 4.57. The largest absolute Gasteiger partial charge is 0.481 e. The number of aliphatic carboxylic acids is 1. The van der Waals surface area contributed by atoms with E-state index in [4.69, 9.17) is 5.11 Å². The number of carboxylic acids is 1. The van der Waals surface area contributed by atoms with Crippen LogP contribution >= 0.6 is 11.3 Å². The average Bonchev–Trinajstić information content (AvgIpc) is 3.03. The first kappa shape index (κ1) is 13.0. The van der Waals surface area contributed by atoms with Gasteiger partial charge in [-0.3, -0.25) is 9.59 Å². The van der Waals surface area contributed by atoms with Gasteiger partial charge in [-0.2, -0.15) is 0 Å². The lowest BCUT2D eigenvalue weighted by Crippen LogP contribution is -2.30. The number of amides is 1. The van der Waals surface area contributed by atoms with Gasteiger partial charge in [-0.05, 0) is 19.8 Å². The summed E-state index contributed by atoms with van der Waals surface area (Å²) in [5, 5.41) is 12.6. The maximum absolute atomic E-state index is 11.9. The van der Waals surface area contributed by atoms with E-state index in [0.717, 1.165) is 16.3 Å². The smallest absolute Gasteiger partial charge is 0.307 e. The molecule has 0 bridgehead atoms. The summed E-state index contributed by atoms with van der Waals surface area (Å²) in [5.41, 5.74) is 0. The summed E-state index contributed by atoms with van der Waals surface area (Å²) in [7, 11) is 0. The molecule has 2 rings (SSSR count). The van der Waals surface area contributed by atoms with Gasteiger partial charge in [-0.15, -0.1) is 11.3 Å². The standard InChI is InChI=1S/C12H16N2O3S/c1-3-9(11-13-5-6(2)18-11)14-10(15)7-4-8(7)12(16)17/h5,7-9H,3-4H2,1-2H3,(H,14,15)(H,16,17)/t7-,8+,9-/m0/s1. The van der Waals surface area contributed by atoms with Gasteiger partial charge in [0.2, 0.25) is 5.91 Å². The second kappa shape index (κ2) is 5.06. The van der Waals surface area contributed by atoms with Crippen molar-refractivity contribution >= 4 is 23.2 Å². The van der Waals surface area contributed by atoms with Crippen LogP contribution in [0.15, 0.2) is 6.20 Å². The zero-order chi connectivity index (χ0) is 13.3. The van der Waals surface area contributed by atoms with Gasteiger partial charge in [0.1, 0.15) is 5.01 Å². The van der Waals surface area contributed by atoms with E-state index in [0.29, 0.717) is 6.42 Å². The van der Waals surface area contributed by atoms with Gasteiger partial charge in [0.15, 0.2) is 0 Å². The normalized spacial score (nSPS) is 23.4. The quantitative estimate of drug-likeness (QED) is 0.852. The Morgan fingerprint density at radius 1 is 1.61 bits per heavy atom. The van der Waals surface area contributed by atoms with Crippen molar-refractivity contribution in [3.05, 3.63) is 16.1 Å². The van der Waals surface area contributed by atoms with Crippen LogP contribution in [0.3, 0.4) is 0 Å². The maximum atomic E-state index is 11.9. The highest BCUT2D eigenvalue weighted by atomic mass is 32.1. The fourth-order valence-electron chi connectivity index (χ4n) is 1.91. The molecular weight excluding hydrogens is 252 g/mol. The van der Waals surface area contributed by atoms with Crippen LogP contribution in [0.1, 0.15) is 35.7 Å². The Morgan fingerprint density at radius 2 is 2.33 bits per heavy atom. The fourth-order valence-corrected chi connectivity index (χ4v) is 2.82. The minimum absolute atomic E-state index is 0.105. The van der Waals surface area contributed by atoms with Gasteiger partial charge < -0.3 is 10.4 Å². The second-order valence-corrected chi connectivity index (χ2v) is 5.83. The lowest BCUT2D eigenvalue weighted by molar-refractivity contribution is -0.140. The molecule has 1 aromatic heterocycles. The Kier molecular flexibility index (Phi) is 3.65. The number of hydrogen-bond acceptors (Lipinski definition) is 4. The number of nitrogens with one attached hydrogen (secondary N) is 1. The topological polar surface area (TPSA) is 79.3 Å². The van der Waals surface area contributed by atoms with E-state index in [2.05, 4.69) is 10.3 Å². The molecule has 1 heterocycles. The van der Waals surface area contributed by atoms with Gasteiger partial charge in [-0.25, -0.2) is 4.98 Å². The Hall–Kier alpha value is -1.43. The summed E-state index contributed by atoms with van der Waals surface area (Å²) in [6, 6.07) is -0.105. The molecule has 1 amide bonds. The van der Waals surface area contributed by atoms with Crippen molar-refractivity contribution in [1.29, 1.82) is 0 Å². The van der Waals surface area contributed by atoms with E-state index < -0.39 is 11.9 Å². The third-order valence-corrected chi connectivity index (χ3v) is 4.13. The summed E-state index contributed by atoms with van der Waals surface area (Å²) in [5.74, 6) is -1.91. The summed E-state index contributed by atoms with van der Waals surface area (Å²) in [4.78, 5) is 28.0. The molecule has 0 spiro atoms. The van der Waals surface area contributed by atoms with Crippen LogP contribution in [0, 0.1) is 18.8 Å². The summed E-state index contributed by atoms with van der Waals surface area (Å²) in [6.45, 7) is 3.94. The van der Waals surface area contributed by atoms with Crippen LogP contribution in [0.5, 0.6) is 0 Å². The molecule has 3 atom stereocenters. The van der Waals surface area contributed by atoms with Crippen LogP contribution < -0.4 is 5.32 Å². The number of carbonyl (C=O) groups is 2. The molecule has 0 radical (unpaired) electrons. The SMILES string of the molecule is CC[C@H](NC(=O)[C@H]1C[C@H]1C(=O)O)c1ncc(C)s1. The molecule has 0 saturated heterocycles. The first-order valence-corrected chi connectivity index (χ1v) is 6.80. The minimum atomic E-state index is -0.881. The van der Waals surface area contributed by atoms with Gasteiger partial charge in [0.25, 0.3) is 0 Å².